The van der Waals surface area contributed by atoms with Crippen molar-refractivity contribution in [2.75, 3.05) is 0 Å². The summed E-state index contributed by atoms with van der Waals surface area (Å²) in [7, 11) is 0. The second-order valence-electron chi connectivity index (χ2n) is 7.73. The zero-order valence-electron chi connectivity index (χ0n) is 18.4. The first-order valence-corrected chi connectivity index (χ1v) is 11.7. The van der Waals surface area contributed by atoms with Crippen LogP contribution in [0.25, 0.3) is 40.9 Å². The zero-order valence-corrected chi connectivity index (χ0v) is 19.3. The van der Waals surface area contributed by atoms with Crippen molar-refractivity contribution in [3.63, 3.8) is 0 Å². The van der Waals surface area contributed by atoms with E-state index >= 15 is 0 Å². The molecule has 0 atom stereocenters. The van der Waals surface area contributed by atoms with E-state index in [-0.39, 0.29) is 10.6 Å². The summed E-state index contributed by atoms with van der Waals surface area (Å²) < 4.78 is 1.56. The van der Waals surface area contributed by atoms with Crippen molar-refractivity contribution in [1.82, 2.24) is 9.55 Å². The van der Waals surface area contributed by atoms with Crippen LogP contribution in [0.3, 0.4) is 0 Å². The van der Waals surface area contributed by atoms with E-state index in [1.807, 2.05) is 78.9 Å². The van der Waals surface area contributed by atoms with Gasteiger partial charge in [0.25, 0.3) is 5.56 Å². The second-order valence-corrected chi connectivity index (χ2v) is 8.82. The molecule has 2 aromatic heterocycles. The number of hydrogen-bond donors (Lipinski definition) is 0. The number of thiophene rings is 1. The maximum absolute atomic E-state index is 13.4. The van der Waals surface area contributed by atoms with Gasteiger partial charge < -0.3 is 0 Å². The number of nitro groups is 1. The third-order valence-electron chi connectivity index (χ3n) is 5.41. The van der Waals surface area contributed by atoms with Gasteiger partial charge in [0.05, 0.1) is 21.5 Å². The van der Waals surface area contributed by atoms with Crippen LogP contribution in [0.4, 0.5) is 5.00 Å². The summed E-state index contributed by atoms with van der Waals surface area (Å²) >= 11 is 1.07. The molecule has 0 bridgehead atoms. The minimum atomic E-state index is -0.417. The number of para-hydroxylation sites is 1. The zero-order chi connectivity index (χ0) is 24.2. The summed E-state index contributed by atoms with van der Waals surface area (Å²) in [4.78, 5) is 29.4. The van der Waals surface area contributed by atoms with Crippen molar-refractivity contribution in [2.45, 2.75) is 0 Å². The Morgan fingerprint density at radius 2 is 1.46 bits per heavy atom. The average molecular weight is 478 g/mol. The third-order valence-corrected chi connectivity index (χ3v) is 6.41. The fraction of sp³-hybridized carbons (Fsp3) is 0. The van der Waals surface area contributed by atoms with E-state index in [0.717, 1.165) is 22.5 Å². The highest BCUT2D eigenvalue weighted by molar-refractivity contribution is 7.16. The number of hydrogen-bond acceptors (Lipinski definition) is 5. The Morgan fingerprint density at radius 3 is 2.17 bits per heavy atom. The highest BCUT2D eigenvalue weighted by Gasteiger charge is 2.12. The van der Waals surface area contributed by atoms with Crippen LogP contribution in [0.1, 0.15) is 21.8 Å². The first-order valence-electron chi connectivity index (χ1n) is 10.9. The van der Waals surface area contributed by atoms with E-state index < -0.39 is 4.92 Å². The number of rotatable bonds is 6. The molecule has 3 aromatic carbocycles. The fourth-order valence-corrected chi connectivity index (χ4v) is 4.41. The van der Waals surface area contributed by atoms with E-state index in [2.05, 4.69) is 0 Å². The van der Waals surface area contributed by atoms with Crippen molar-refractivity contribution in [2.24, 2.45) is 0 Å². The van der Waals surface area contributed by atoms with Crippen LogP contribution in [0.2, 0.25) is 0 Å². The second kappa shape index (κ2) is 9.70. The maximum atomic E-state index is 13.4. The van der Waals surface area contributed by atoms with Crippen LogP contribution in [-0.4, -0.2) is 14.5 Å². The predicted molar refractivity (Wildman–Crippen MR) is 143 cm³/mol. The molecule has 5 rings (SSSR count). The summed E-state index contributed by atoms with van der Waals surface area (Å²) in [5.74, 6) is 0.442. The van der Waals surface area contributed by atoms with Crippen LogP contribution < -0.4 is 5.56 Å². The van der Waals surface area contributed by atoms with Crippen molar-refractivity contribution < 1.29 is 4.92 Å². The monoisotopic (exact) mass is 477 g/mol. The minimum Gasteiger partial charge on any atom is -0.268 e. The molecular weight excluding hydrogens is 458 g/mol. The van der Waals surface area contributed by atoms with Gasteiger partial charge in [-0.3, -0.25) is 19.5 Å². The van der Waals surface area contributed by atoms with E-state index in [4.69, 9.17) is 4.98 Å². The van der Waals surface area contributed by atoms with Crippen LogP contribution in [0.15, 0.2) is 95.8 Å². The Balaban J connectivity index is 1.54. The van der Waals surface area contributed by atoms with Gasteiger partial charge in [0, 0.05) is 10.9 Å². The Hall–Kier alpha value is -4.62. The molecule has 7 heteroatoms. The lowest BCUT2D eigenvalue weighted by molar-refractivity contribution is -0.380. The molecule has 0 unspecified atom stereocenters. The fourth-order valence-electron chi connectivity index (χ4n) is 3.69. The molecule has 0 aliphatic carbocycles. The molecule has 35 heavy (non-hydrogen) atoms. The third kappa shape index (κ3) is 4.85. The van der Waals surface area contributed by atoms with E-state index in [9.17, 15) is 14.9 Å². The highest BCUT2D eigenvalue weighted by atomic mass is 32.1. The van der Waals surface area contributed by atoms with Gasteiger partial charge in [0.1, 0.15) is 5.82 Å². The van der Waals surface area contributed by atoms with E-state index in [0.29, 0.717) is 27.3 Å². The molecule has 170 valence electrons. The highest BCUT2D eigenvalue weighted by Crippen LogP contribution is 2.26. The molecule has 0 saturated heterocycles. The van der Waals surface area contributed by atoms with Crippen LogP contribution >= 0.6 is 11.3 Å². The smallest absolute Gasteiger partial charge is 0.268 e. The number of nitrogens with zero attached hydrogens (tertiary/aromatic N) is 3. The molecule has 2 heterocycles. The maximum Gasteiger partial charge on any atom is 0.324 e. The Kier molecular flexibility index (Phi) is 6.15. The lowest BCUT2D eigenvalue weighted by Gasteiger charge is -2.11. The average Bonchev–Trinajstić information content (AvgIpc) is 3.37. The molecule has 0 aliphatic rings. The molecule has 0 amide bonds. The topological polar surface area (TPSA) is 78.0 Å². The van der Waals surface area contributed by atoms with Gasteiger partial charge in [0.2, 0.25) is 0 Å². The normalized spacial score (nSPS) is 11.5. The minimum absolute atomic E-state index is 0.0626. The van der Waals surface area contributed by atoms with Gasteiger partial charge in [-0.1, -0.05) is 78.1 Å². The largest absolute Gasteiger partial charge is 0.324 e. The van der Waals surface area contributed by atoms with Gasteiger partial charge >= 0.3 is 5.00 Å². The van der Waals surface area contributed by atoms with Crippen LogP contribution in [0, 0.1) is 10.1 Å². The quantitative estimate of drug-likeness (QED) is 0.155. The van der Waals surface area contributed by atoms with Crippen molar-refractivity contribution in [1.29, 1.82) is 0 Å². The molecule has 0 spiro atoms. The standard InChI is InChI=1S/C28H19N3O3S/c32-28-24-8-4-5-9-25(24)29-26(18-16-23-17-19-27(35-23)31(33)34)30(28)22-14-12-21(13-15-22)11-10-20-6-2-1-3-7-20/h1-19H/b11-10+,18-16+. The summed E-state index contributed by atoms with van der Waals surface area (Å²) in [6, 6.07) is 28.0. The Morgan fingerprint density at radius 1 is 0.771 bits per heavy atom. The molecular formula is C28H19N3O3S. The van der Waals surface area contributed by atoms with Gasteiger partial charge in [-0.05, 0) is 53.6 Å². The molecule has 0 radical (unpaired) electrons. The van der Waals surface area contributed by atoms with E-state index in [1.54, 1.807) is 34.9 Å². The number of fused-ring (bicyclic) bond motifs is 1. The summed E-state index contributed by atoms with van der Waals surface area (Å²) in [5.41, 5.74) is 3.20. The van der Waals surface area contributed by atoms with Crippen molar-refractivity contribution >= 4 is 51.5 Å². The molecule has 5 aromatic rings. The van der Waals surface area contributed by atoms with Gasteiger partial charge in [0.15, 0.2) is 0 Å². The van der Waals surface area contributed by atoms with Crippen molar-refractivity contribution in [3.05, 3.63) is 133 Å². The lowest BCUT2D eigenvalue weighted by Crippen LogP contribution is -2.22. The van der Waals surface area contributed by atoms with Gasteiger partial charge in [-0.15, -0.1) is 0 Å². The number of aromatic nitrogens is 2. The van der Waals surface area contributed by atoms with E-state index in [1.165, 1.54) is 6.07 Å². The summed E-state index contributed by atoms with van der Waals surface area (Å²) in [5, 5.41) is 11.6. The first-order chi connectivity index (χ1) is 17.1. The molecule has 0 saturated carbocycles. The van der Waals surface area contributed by atoms with Crippen LogP contribution in [0.5, 0.6) is 0 Å². The summed E-state index contributed by atoms with van der Waals surface area (Å²) in [6.07, 6.45) is 7.51. The molecule has 0 N–H and O–H groups in total. The first kappa shape index (κ1) is 22.2. The predicted octanol–water partition coefficient (Wildman–Crippen LogP) is 6.70. The molecule has 6 nitrogen and oxygen atoms in total. The number of benzene rings is 3. The Bertz CT molecular complexity index is 1630. The van der Waals surface area contributed by atoms with Crippen LogP contribution in [-0.2, 0) is 0 Å². The summed E-state index contributed by atoms with van der Waals surface area (Å²) in [6.45, 7) is 0. The van der Waals surface area contributed by atoms with Gasteiger partial charge in [-0.2, -0.15) is 0 Å². The molecule has 0 aliphatic heterocycles. The lowest BCUT2D eigenvalue weighted by atomic mass is 10.1. The molecule has 0 fully saturated rings. The van der Waals surface area contributed by atoms with Crippen molar-refractivity contribution in [3.8, 4) is 5.69 Å². The van der Waals surface area contributed by atoms with Gasteiger partial charge in [-0.25, -0.2) is 4.98 Å². The Labute approximate surface area is 204 Å². The SMILES string of the molecule is O=c1c2ccccc2nc(/C=C/c2ccc([N+](=O)[O-])s2)n1-c1ccc(/C=C/c2ccccc2)cc1.